The molecule has 0 atom stereocenters. The second-order valence-electron chi connectivity index (χ2n) is 4.55. The molecule has 1 amide bonds. The summed E-state index contributed by atoms with van der Waals surface area (Å²) in [5.74, 6) is 1.05. The van der Waals surface area contributed by atoms with Crippen LogP contribution in [0.3, 0.4) is 0 Å². The highest BCUT2D eigenvalue weighted by molar-refractivity contribution is 7.08. The maximum absolute atomic E-state index is 12.3. The number of para-hydroxylation sites is 3. The Morgan fingerprint density at radius 1 is 1.09 bits per heavy atom. The van der Waals surface area contributed by atoms with Crippen molar-refractivity contribution in [2.75, 3.05) is 5.32 Å². The van der Waals surface area contributed by atoms with E-state index in [9.17, 15) is 4.79 Å². The summed E-state index contributed by atoms with van der Waals surface area (Å²) in [4.78, 5) is 12.8. The first-order chi connectivity index (χ1) is 10.7. The molecule has 2 aromatic carbocycles. The summed E-state index contributed by atoms with van der Waals surface area (Å²) in [5, 5.41) is 6.69. The molecule has 3 aromatic rings. The van der Waals surface area contributed by atoms with Crippen molar-refractivity contribution in [3.8, 4) is 11.5 Å². The van der Waals surface area contributed by atoms with Crippen LogP contribution in [0, 0.1) is 6.92 Å². The number of benzene rings is 2. The van der Waals surface area contributed by atoms with Crippen LogP contribution in [-0.4, -0.2) is 15.5 Å². The van der Waals surface area contributed by atoms with Crippen molar-refractivity contribution in [1.82, 2.24) is 9.59 Å². The molecule has 0 saturated carbocycles. The average molecular weight is 311 g/mol. The minimum absolute atomic E-state index is 0.239. The first-order valence-electron chi connectivity index (χ1n) is 6.66. The Morgan fingerprint density at radius 2 is 1.82 bits per heavy atom. The smallest absolute Gasteiger partial charge is 0.269 e. The molecule has 0 fully saturated rings. The Balaban J connectivity index is 1.83. The molecule has 6 heteroatoms. The van der Waals surface area contributed by atoms with Crippen molar-refractivity contribution in [3.63, 3.8) is 0 Å². The number of nitrogens with zero attached hydrogens (tertiary/aromatic N) is 2. The minimum Gasteiger partial charge on any atom is -0.455 e. The van der Waals surface area contributed by atoms with Crippen molar-refractivity contribution in [2.24, 2.45) is 0 Å². The summed E-state index contributed by atoms with van der Waals surface area (Å²) >= 11 is 1.07. The first kappa shape index (κ1) is 14.2. The maximum atomic E-state index is 12.3. The highest BCUT2D eigenvalue weighted by Gasteiger charge is 2.15. The molecule has 5 nitrogen and oxygen atoms in total. The van der Waals surface area contributed by atoms with Crippen LogP contribution in [-0.2, 0) is 0 Å². The molecule has 3 rings (SSSR count). The lowest BCUT2D eigenvalue weighted by Crippen LogP contribution is -2.12. The number of nitrogens with one attached hydrogen (secondary N) is 1. The Bertz CT molecular complexity index is 787. The van der Waals surface area contributed by atoms with Crippen molar-refractivity contribution < 1.29 is 9.53 Å². The molecule has 0 bridgehead atoms. The van der Waals surface area contributed by atoms with Crippen LogP contribution >= 0.6 is 11.5 Å². The van der Waals surface area contributed by atoms with E-state index in [2.05, 4.69) is 14.9 Å². The zero-order valence-electron chi connectivity index (χ0n) is 11.8. The lowest BCUT2D eigenvalue weighted by Gasteiger charge is -2.11. The van der Waals surface area contributed by atoms with Gasteiger partial charge in [-0.3, -0.25) is 4.79 Å². The quantitative estimate of drug-likeness (QED) is 0.794. The molecule has 0 radical (unpaired) electrons. The third-order valence-electron chi connectivity index (χ3n) is 2.96. The number of rotatable bonds is 4. The zero-order valence-corrected chi connectivity index (χ0v) is 12.6. The third-order valence-corrected chi connectivity index (χ3v) is 3.79. The van der Waals surface area contributed by atoms with E-state index in [1.165, 1.54) is 0 Å². The van der Waals surface area contributed by atoms with E-state index in [1.54, 1.807) is 19.1 Å². The lowest BCUT2D eigenvalue weighted by molar-refractivity contribution is 0.102. The fourth-order valence-electron chi connectivity index (χ4n) is 1.89. The Morgan fingerprint density at radius 3 is 2.55 bits per heavy atom. The maximum Gasteiger partial charge on any atom is 0.269 e. The number of carbonyl (C=O) groups is 1. The molecule has 1 N–H and O–H groups in total. The SMILES string of the molecule is Cc1nnsc1C(=O)Nc1ccccc1Oc1ccccc1. The Kier molecular flexibility index (Phi) is 4.11. The van der Waals surface area contributed by atoms with Crippen molar-refractivity contribution >= 4 is 23.1 Å². The number of hydrogen-bond acceptors (Lipinski definition) is 5. The number of anilines is 1. The van der Waals surface area contributed by atoms with Gasteiger partial charge in [-0.15, -0.1) is 5.10 Å². The molecule has 110 valence electrons. The fourth-order valence-corrected chi connectivity index (χ4v) is 2.45. The van der Waals surface area contributed by atoms with Gasteiger partial charge in [0.2, 0.25) is 0 Å². The summed E-state index contributed by atoms with van der Waals surface area (Å²) < 4.78 is 9.59. The third kappa shape index (κ3) is 3.12. The van der Waals surface area contributed by atoms with E-state index in [1.807, 2.05) is 42.5 Å². The van der Waals surface area contributed by atoms with Crippen LogP contribution in [0.5, 0.6) is 11.5 Å². The summed E-state index contributed by atoms with van der Waals surface area (Å²) in [6, 6.07) is 16.7. The van der Waals surface area contributed by atoms with Gasteiger partial charge in [0, 0.05) is 0 Å². The van der Waals surface area contributed by atoms with E-state index in [0.717, 1.165) is 11.5 Å². The average Bonchev–Trinajstić information content (AvgIpc) is 2.96. The van der Waals surface area contributed by atoms with Gasteiger partial charge in [0.1, 0.15) is 10.6 Å². The second-order valence-corrected chi connectivity index (χ2v) is 5.31. The van der Waals surface area contributed by atoms with Gasteiger partial charge in [0.15, 0.2) is 5.75 Å². The molecule has 0 spiro atoms. The van der Waals surface area contributed by atoms with Crippen LogP contribution in [0.1, 0.15) is 15.4 Å². The summed E-state index contributed by atoms with van der Waals surface area (Å²) in [5.41, 5.74) is 1.22. The van der Waals surface area contributed by atoms with Gasteiger partial charge in [-0.05, 0) is 42.7 Å². The van der Waals surface area contributed by atoms with Gasteiger partial charge in [-0.2, -0.15) is 0 Å². The van der Waals surface area contributed by atoms with Gasteiger partial charge >= 0.3 is 0 Å². The molecular weight excluding hydrogens is 298 g/mol. The van der Waals surface area contributed by atoms with Gasteiger partial charge in [0.25, 0.3) is 5.91 Å². The van der Waals surface area contributed by atoms with Gasteiger partial charge < -0.3 is 10.1 Å². The van der Waals surface area contributed by atoms with E-state index < -0.39 is 0 Å². The molecule has 0 aliphatic carbocycles. The first-order valence-corrected chi connectivity index (χ1v) is 7.43. The Hall–Kier alpha value is -2.73. The highest BCUT2D eigenvalue weighted by atomic mass is 32.1. The van der Waals surface area contributed by atoms with Crippen molar-refractivity contribution in [2.45, 2.75) is 6.92 Å². The van der Waals surface area contributed by atoms with Gasteiger partial charge in [0.05, 0.1) is 11.4 Å². The molecule has 1 heterocycles. The number of aromatic nitrogens is 2. The van der Waals surface area contributed by atoms with E-state index in [-0.39, 0.29) is 5.91 Å². The minimum atomic E-state index is -0.239. The second kappa shape index (κ2) is 6.36. The summed E-state index contributed by atoms with van der Waals surface area (Å²) in [7, 11) is 0. The van der Waals surface area contributed by atoms with E-state index in [4.69, 9.17) is 4.74 Å². The fraction of sp³-hybridized carbons (Fsp3) is 0.0625. The van der Waals surface area contributed by atoms with Crippen LogP contribution < -0.4 is 10.1 Å². The zero-order chi connectivity index (χ0) is 15.4. The number of carbonyl (C=O) groups excluding carboxylic acids is 1. The van der Waals surface area contributed by atoms with Crippen LogP contribution in [0.4, 0.5) is 5.69 Å². The van der Waals surface area contributed by atoms with Gasteiger partial charge in [-0.1, -0.05) is 34.8 Å². The molecule has 0 aliphatic heterocycles. The summed E-state index contributed by atoms with van der Waals surface area (Å²) in [6.45, 7) is 1.75. The Labute approximate surface area is 131 Å². The molecular formula is C16H13N3O2S. The normalized spacial score (nSPS) is 10.2. The topological polar surface area (TPSA) is 64.1 Å². The van der Waals surface area contributed by atoms with Crippen LogP contribution in [0.2, 0.25) is 0 Å². The van der Waals surface area contributed by atoms with Crippen LogP contribution in [0.15, 0.2) is 54.6 Å². The molecule has 0 unspecified atom stereocenters. The number of amides is 1. The summed E-state index contributed by atoms with van der Waals surface area (Å²) in [6.07, 6.45) is 0. The number of aryl methyl sites for hydroxylation is 1. The molecule has 1 aromatic heterocycles. The standard InChI is InChI=1S/C16H13N3O2S/c1-11-15(22-19-18-11)16(20)17-13-9-5-6-10-14(13)21-12-7-3-2-4-8-12/h2-10H,1H3,(H,17,20). The van der Waals surface area contributed by atoms with Crippen LogP contribution in [0.25, 0.3) is 0 Å². The van der Waals surface area contributed by atoms with E-state index >= 15 is 0 Å². The predicted octanol–water partition coefficient (Wildman–Crippen LogP) is 3.89. The van der Waals surface area contributed by atoms with E-state index in [0.29, 0.717) is 27.8 Å². The lowest BCUT2D eigenvalue weighted by atomic mass is 10.2. The predicted molar refractivity (Wildman–Crippen MR) is 85.6 cm³/mol. The van der Waals surface area contributed by atoms with Crippen molar-refractivity contribution in [1.29, 1.82) is 0 Å². The highest BCUT2D eigenvalue weighted by Crippen LogP contribution is 2.29. The molecule has 22 heavy (non-hydrogen) atoms. The molecule has 0 saturated heterocycles. The monoisotopic (exact) mass is 311 g/mol. The van der Waals surface area contributed by atoms with Crippen molar-refractivity contribution in [3.05, 3.63) is 65.2 Å². The largest absolute Gasteiger partial charge is 0.455 e. The number of ether oxygens (including phenoxy) is 1. The number of hydrogen-bond donors (Lipinski definition) is 1. The van der Waals surface area contributed by atoms with Gasteiger partial charge in [-0.25, -0.2) is 0 Å². The molecule has 0 aliphatic rings.